The van der Waals surface area contributed by atoms with Gasteiger partial charge in [-0.3, -0.25) is 0 Å². The molecular formula is C14H26O. The van der Waals surface area contributed by atoms with Crippen molar-refractivity contribution in [2.75, 3.05) is 0 Å². The van der Waals surface area contributed by atoms with Gasteiger partial charge >= 0.3 is 0 Å². The van der Waals surface area contributed by atoms with Crippen LogP contribution >= 0.6 is 0 Å². The van der Waals surface area contributed by atoms with Crippen molar-refractivity contribution < 1.29 is 5.11 Å². The largest absolute Gasteiger partial charge is 0.388 e. The summed E-state index contributed by atoms with van der Waals surface area (Å²) in [5, 5.41) is 10.4. The van der Waals surface area contributed by atoms with Crippen molar-refractivity contribution in [1.29, 1.82) is 0 Å². The molecule has 2 unspecified atom stereocenters. The number of hydrogen-bond donors (Lipinski definition) is 1. The molecule has 0 saturated heterocycles. The highest BCUT2D eigenvalue weighted by Gasteiger charge is 2.24. The van der Waals surface area contributed by atoms with Crippen LogP contribution in [0.3, 0.4) is 0 Å². The molecule has 0 aromatic heterocycles. The number of aliphatic hydroxyl groups excluding tert-OH is 1. The van der Waals surface area contributed by atoms with Gasteiger partial charge in [-0.15, -0.1) is 0 Å². The lowest BCUT2D eigenvalue weighted by Crippen LogP contribution is -2.26. The molecule has 0 spiro atoms. The Morgan fingerprint density at radius 2 is 1.67 bits per heavy atom. The summed E-state index contributed by atoms with van der Waals surface area (Å²) in [5.41, 5.74) is 3.48. The molecule has 0 saturated carbocycles. The fraction of sp³-hybridized carbons (Fsp3) is 0.714. The molecular weight excluding hydrogens is 184 g/mol. The molecule has 0 aliphatic carbocycles. The standard InChI is InChI=1S/C14H26O/c1-8-12(9(2)3)14(15)13(10(4)5)11(6)7/h10,12,14-15H,2,8H2,1,3-7H3. The Labute approximate surface area is 94.9 Å². The number of rotatable bonds is 5. The summed E-state index contributed by atoms with van der Waals surface area (Å²) < 4.78 is 0. The van der Waals surface area contributed by atoms with E-state index >= 15 is 0 Å². The van der Waals surface area contributed by atoms with Crippen molar-refractivity contribution in [3.8, 4) is 0 Å². The van der Waals surface area contributed by atoms with E-state index in [0.29, 0.717) is 5.92 Å². The Morgan fingerprint density at radius 3 is 1.87 bits per heavy atom. The van der Waals surface area contributed by atoms with Crippen LogP contribution in [0.15, 0.2) is 23.3 Å². The van der Waals surface area contributed by atoms with Crippen LogP contribution in [0, 0.1) is 11.8 Å². The average Bonchev–Trinajstić information content (AvgIpc) is 2.02. The first kappa shape index (κ1) is 14.4. The molecule has 0 aliphatic rings. The summed E-state index contributed by atoms with van der Waals surface area (Å²) in [4.78, 5) is 0. The van der Waals surface area contributed by atoms with Crippen molar-refractivity contribution in [1.82, 2.24) is 0 Å². The minimum Gasteiger partial charge on any atom is -0.388 e. The third kappa shape index (κ3) is 3.83. The van der Waals surface area contributed by atoms with Crippen LogP contribution < -0.4 is 0 Å². The summed E-state index contributed by atoms with van der Waals surface area (Å²) in [6.45, 7) is 16.5. The Morgan fingerprint density at radius 1 is 1.20 bits per heavy atom. The minimum absolute atomic E-state index is 0.192. The van der Waals surface area contributed by atoms with E-state index in [4.69, 9.17) is 0 Å². The third-order valence-electron chi connectivity index (χ3n) is 2.97. The molecule has 0 rings (SSSR count). The molecule has 1 nitrogen and oxygen atoms in total. The van der Waals surface area contributed by atoms with Gasteiger partial charge in [0.25, 0.3) is 0 Å². The Hall–Kier alpha value is -0.560. The molecule has 0 amide bonds. The van der Waals surface area contributed by atoms with Crippen molar-refractivity contribution in [2.24, 2.45) is 11.8 Å². The quantitative estimate of drug-likeness (QED) is 0.681. The highest BCUT2D eigenvalue weighted by Crippen LogP contribution is 2.28. The summed E-state index contributed by atoms with van der Waals surface area (Å²) in [7, 11) is 0. The predicted molar refractivity (Wildman–Crippen MR) is 67.8 cm³/mol. The maximum atomic E-state index is 10.4. The van der Waals surface area contributed by atoms with Gasteiger partial charge in [0.2, 0.25) is 0 Å². The van der Waals surface area contributed by atoms with Crippen LogP contribution in [0.5, 0.6) is 0 Å². The monoisotopic (exact) mass is 210 g/mol. The Bertz CT molecular complexity index is 244. The van der Waals surface area contributed by atoms with Crippen molar-refractivity contribution in [3.63, 3.8) is 0 Å². The smallest absolute Gasteiger partial charge is 0.0819 e. The molecule has 0 radical (unpaired) electrons. The highest BCUT2D eigenvalue weighted by atomic mass is 16.3. The summed E-state index contributed by atoms with van der Waals surface area (Å²) in [5.74, 6) is 0.593. The maximum Gasteiger partial charge on any atom is 0.0819 e. The summed E-state index contributed by atoms with van der Waals surface area (Å²) in [6.07, 6.45) is 0.581. The topological polar surface area (TPSA) is 20.2 Å². The third-order valence-corrected chi connectivity index (χ3v) is 2.97. The van der Waals surface area contributed by atoms with Gasteiger partial charge in [-0.25, -0.2) is 0 Å². The average molecular weight is 210 g/mol. The number of hydrogen-bond acceptors (Lipinski definition) is 1. The molecule has 0 aromatic rings. The van der Waals surface area contributed by atoms with Crippen molar-refractivity contribution >= 4 is 0 Å². The van der Waals surface area contributed by atoms with Crippen LogP contribution in [0.25, 0.3) is 0 Å². The molecule has 0 aromatic carbocycles. The summed E-state index contributed by atoms with van der Waals surface area (Å²) >= 11 is 0. The highest BCUT2D eigenvalue weighted by molar-refractivity contribution is 5.21. The van der Waals surface area contributed by atoms with Crippen LogP contribution in [0.4, 0.5) is 0 Å². The first-order valence-corrected chi connectivity index (χ1v) is 5.83. The van der Waals surface area contributed by atoms with Crippen molar-refractivity contribution in [3.05, 3.63) is 23.3 Å². The number of aliphatic hydroxyl groups is 1. The SMILES string of the molecule is C=C(C)C(CC)C(O)C(=C(C)C)C(C)C. The van der Waals surface area contributed by atoms with E-state index in [1.165, 1.54) is 11.1 Å². The van der Waals surface area contributed by atoms with E-state index in [2.05, 4.69) is 41.2 Å². The van der Waals surface area contributed by atoms with E-state index in [0.717, 1.165) is 12.0 Å². The first-order valence-electron chi connectivity index (χ1n) is 5.83. The zero-order valence-electron chi connectivity index (χ0n) is 11.1. The maximum absolute atomic E-state index is 10.4. The Kier molecular flexibility index (Phi) is 5.89. The van der Waals surface area contributed by atoms with Gasteiger partial charge in [0.15, 0.2) is 0 Å². The molecule has 0 bridgehead atoms. The number of allylic oxidation sites excluding steroid dienone is 1. The summed E-state index contributed by atoms with van der Waals surface area (Å²) in [6, 6.07) is 0. The second-order valence-corrected chi connectivity index (χ2v) is 4.92. The minimum atomic E-state index is -0.363. The molecule has 0 heterocycles. The molecule has 1 heteroatoms. The zero-order chi connectivity index (χ0) is 12.2. The molecule has 0 aliphatic heterocycles. The first-order chi connectivity index (χ1) is 6.82. The van der Waals surface area contributed by atoms with Gasteiger partial charge in [-0.1, -0.05) is 38.5 Å². The van der Waals surface area contributed by atoms with Gasteiger partial charge in [0.1, 0.15) is 0 Å². The van der Waals surface area contributed by atoms with Gasteiger partial charge in [0.05, 0.1) is 6.10 Å². The van der Waals surface area contributed by atoms with Crippen LogP contribution in [0.2, 0.25) is 0 Å². The second-order valence-electron chi connectivity index (χ2n) is 4.92. The molecule has 15 heavy (non-hydrogen) atoms. The fourth-order valence-corrected chi connectivity index (χ4v) is 2.27. The van der Waals surface area contributed by atoms with Gasteiger partial charge in [-0.2, -0.15) is 0 Å². The lowest BCUT2D eigenvalue weighted by molar-refractivity contribution is 0.146. The van der Waals surface area contributed by atoms with E-state index < -0.39 is 0 Å². The van der Waals surface area contributed by atoms with Crippen LogP contribution in [-0.2, 0) is 0 Å². The van der Waals surface area contributed by atoms with E-state index in [1.54, 1.807) is 0 Å². The molecule has 2 atom stereocenters. The molecule has 1 N–H and O–H groups in total. The van der Waals surface area contributed by atoms with Gasteiger partial charge < -0.3 is 5.11 Å². The molecule has 0 fully saturated rings. The lowest BCUT2D eigenvalue weighted by atomic mass is 9.82. The molecule has 88 valence electrons. The van der Waals surface area contributed by atoms with Gasteiger partial charge in [0, 0.05) is 5.92 Å². The van der Waals surface area contributed by atoms with E-state index in [9.17, 15) is 5.11 Å². The zero-order valence-corrected chi connectivity index (χ0v) is 11.1. The Balaban J connectivity index is 5.02. The normalized spacial score (nSPS) is 14.9. The fourth-order valence-electron chi connectivity index (χ4n) is 2.27. The van der Waals surface area contributed by atoms with Crippen LogP contribution in [0.1, 0.15) is 48.0 Å². The second kappa shape index (κ2) is 6.12. The van der Waals surface area contributed by atoms with E-state index in [1.807, 2.05) is 6.92 Å². The van der Waals surface area contributed by atoms with Gasteiger partial charge in [-0.05, 0) is 38.7 Å². The van der Waals surface area contributed by atoms with E-state index in [-0.39, 0.29) is 12.0 Å². The lowest BCUT2D eigenvalue weighted by Gasteiger charge is -2.28. The predicted octanol–water partition coefficient (Wildman–Crippen LogP) is 3.94. The van der Waals surface area contributed by atoms with Crippen molar-refractivity contribution in [2.45, 2.75) is 54.1 Å². The van der Waals surface area contributed by atoms with Crippen LogP contribution in [-0.4, -0.2) is 11.2 Å².